The summed E-state index contributed by atoms with van der Waals surface area (Å²) >= 11 is 1.42. The van der Waals surface area contributed by atoms with E-state index in [1.807, 2.05) is 6.08 Å². The molecule has 0 radical (unpaired) electrons. The van der Waals surface area contributed by atoms with Crippen molar-refractivity contribution in [2.75, 3.05) is 18.9 Å². The third-order valence-electron chi connectivity index (χ3n) is 7.41. The number of hydrogen-bond acceptors (Lipinski definition) is 8. The van der Waals surface area contributed by atoms with E-state index < -0.39 is 41.9 Å². The summed E-state index contributed by atoms with van der Waals surface area (Å²) in [4.78, 5) is 13.4. The largest absolute Gasteiger partial charge is 0.388 e. The summed E-state index contributed by atoms with van der Waals surface area (Å²) in [6.07, 6.45) is 3.86. The molecule has 10 atom stereocenters. The van der Waals surface area contributed by atoms with Crippen LogP contribution in [0.5, 0.6) is 0 Å². The molecule has 0 aliphatic carbocycles. The summed E-state index contributed by atoms with van der Waals surface area (Å²) in [5, 5.41) is 37.8. The van der Waals surface area contributed by atoms with Crippen molar-refractivity contribution in [2.24, 2.45) is 17.8 Å². The van der Waals surface area contributed by atoms with Gasteiger partial charge in [-0.3, -0.25) is 4.79 Å². The third kappa shape index (κ3) is 5.94. The van der Waals surface area contributed by atoms with Crippen LogP contribution in [-0.4, -0.2) is 88.2 Å². The van der Waals surface area contributed by atoms with E-state index in [1.165, 1.54) is 18.2 Å². The lowest BCUT2D eigenvalue weighted by Gasteiger charge is -2.43. The molecule has 188 valence electrons. The number of ether oxygens (including phenoxy) is 2. The fraction of sp³-hybridized carbons (Fsp3) is 0.875. The molecule has 0 spiro atoms. The van der Waals surface area contributed by atoms with Crippen LogP contribution in [0.4, 0.5) is 0 Å². The second kappa shape index (κ2) is 11.4. The highest BCUT2D eigenvalue weighted by Gasteiger charge is 2.48. The molecule has 4 aliphatic heterocycles. The number of hydrogen-bond donors (Lipinski definition) is 5. The van der Waals surface area contributed by atoms with Gasteiger partial charge in [-0.15, -0.1) is 11.8 Å². The highest BCUT2D eigenvalue weighted by Crippen LogP contribution is 2.34. The highest BCUT2D eigenvalue weighted by molar-refractivity contribution is 7.99. The van der Waals surface area contributed by atoms with Crippen LogP contribution >= 0.6 is 11.8 Å². The van der Waals surface area contributed by atoms with Crippen LogP contribution in [0.15, 0.2) is 12.2 Å². The predicted octanol–water partition coefficient (Wildman–Crippen LogP) is 0.791. The van der Waals surface area contributed by atoms with Gasteiger partial charge in [-0.1, -0.05) is 26.0 Å². The Balaban J connectivity index is 1.44. The summed E-state index contributed by atoms with van der Waals surface area (Å²) in [5.41, 5.74) is -0.642. The Morgan fingerprint density at radius 3 is 2.79 bits per heavy atom. The topological polar surface area (TPSA) is 120 Å². The van der Waals surface area contributed by atoms with E-state index in [-0.39, 0.29) is 12.0 Å². The highest BCUT2D eigenvalue weighted by atomic mass is 32.2. The number of aliphatic hydroxyl groups is 3. The first kappa shape index (κ1) is 25.4. The number of allylic oxidation sites excluding steroid dienone is 1. The fourth-order valence-corrected chi connectivity index (χ4v) is 6.85. The Labute approximate surface area is 200 Å². The molecule has 9 unspecified atom stereocenters. The summed E-state index contributed by atoms with van der Waals surface area (Å²) in [6.45, 7) is 5.93. The SMILES string of the molecule is CC(C)C[C@@H]1CCOC2C(CNC2C(=O)NC2C/C=C\CCSC3OC2C(O)C(O)C3O)C1. The molecule has 0 aromatic rings. The van der Waals surface area contributed by atoms with Crippen LogP contribution in [0, 0.1) is 17.8 Å². The van der Waals surface area contributed by atoms with Gasteiger partial charge in [0.1, 0.15) is 35.9 Å². The van der Waals surface area contributed by atoms with Gasteiger partial charge in [0.2, 0.25) is 5.91 Å². The lowest BCUT2D eigenvalue weighted by atomic mass is 9.85. The monoisotopic (exact) mass is 484 g/mol. The van der Waals surface area contributed by atoms with Gasteiger partial charge in [-0.2, -0.15) is 0 Å². The molecule has 0 aromatic heterocycles. The molecule has 0 aromatic carbocycles. The molecule has 2 bridgehead atoms. The quantitative estimate of drug-likeness (QED) is 0.372. The molecule has 4 rings (SSSR count). The van der Waals surface area contributed by atoms with Crippen LogP contribution in [0.3, 0.4) is 0 Å². The number of carbonyl (C=O) groups is 1. The molecule has 8 nitrogen and oxygen atoms in total. The second-order valence-electron chi connectivity index (χ2n) is 10.4. The third-order valence-corrected chi connectivity index (χ3v) is 8.60. The number of nitrogens with one attached hydrogen (secondary N) is 2. The van der Waals surface area contributed by atoms with Crippen molar-refractivity contribution in [3.63, 3.8) is 0 Å². The summed E-state index contributed by atoms with van der Waals surface area (Å²) < 4.78 is 12.2. The van der Waals surface area contributed by atoms with E-state index in [0.29, 0.717) is 30.8 Å². The zero-order chi connectivity index (χ0) is 23.5. The van der Waals surface area contributed by atoms with Crippen molar-refractivity contribution in [1.82, 2.24) is 10.6 Å². The van der Waals surface area contributed by atoms with Crippen molar-refractivity contribution in [1.29, 1.82) is 0 Å². The molecule has 0 saturated carbocycles. The lowest BCUT2D eigenvalue weighted by Crippen LogP contribution is -2.63. The molecular weight excluding hydrogens is 444 g/mol. The van der Waals surface area contributed by atoms with Crippen molar-refractivity contribution < 1.29 is 29.6 Å². The number of aliphatic hydroxyl groups excluding tert-OH is 3. The molecule has 5 N–H and O–H groups in total. The molecule has 9 heteroatoms. The van der Waals surface area contributed by atoms with Crippen molar-refractivity contribution in [2.45, 2.75) is 94.0 Å². The smallest absolute Gasteiger partial charge is 0.240 e. The van der Waals surface area contributed by atoms with Gasteiger partial charge in [0, 0.05) is 13.2 Å². The van der Waals surface area contributed by atoms with E-state index in [9.17, 15) is 20.1 Å². The molecule has 33 heavy (non-hydrogen) atoms. The number of thioether (sulfide) groups is 1. The first-order valence-electron chi connectivity index (χ1n) is 12.5. The van der Waals surface area contributed by atoms with Crippen LogP contribution in [0.25, 0.3) is 0 Å². The standard InChI is InChI=1S/C24H40N2O6S/c1-13(2)10-14-7-8-31-21-15(11-14)12-25-17(21)23(30)26-16-6-4-3-5-9-33-24-20(29)18(27)19(28)22(16)32-24/h3-4,13-22,24-25,27-29H,5-12H2,1-2H3,(H,26,30)/b4-3-/t14-,15?,16?,17?,18?,19?,20?,21?,22?,24?/m0/s1. The number of carbonyl (C=O) groups excluding carboxylic acids is 1. The molecule has 1 amide bonds. The second-order valence-corrected chi connectivity index (χ2v) is 11.6. The normalized spacial score (nSPS) is 45.2. The zero-order valence-corrected chi connectivity index (χ0v) is 20.5. The summed E-state index contributed by atoms with van der Waals surface area (Å²) in [7, 11) is 0. The number of rotatable bonds is 4. The van der Waals surface area contributed by atoms with E-state index in [4.69, 9.17) is 9.47 Å². The number of amides is 1. The van der Waals surface area contributed by atoms with Gasteiger partial charge in [0.15, 0.2) is 0 Å². The van der Waals surface area contributed by atoms with Gasteiger partial charge in [0.25, 0.3) is 0 Å². The van der Waals surface area contributed by atoms with Crippen LogP contribution in [-0.2, 0) is 14.3 Å². The molecule has 3 fully saturated rings. The van der Waals surface area contributed by atoms with E-state index >= 15 is 0 Å². The Kier molecular flexibility index (Phi) is 8.76. The average Bonchev–Trinajstić information content (AvgIpc) is 3.06. The minimum Gasteiger partial charge on any atom is -0.388 e. The van der Waals surface area contributed by atoms with Crippen LogP contribution in [0.1, 0.15) is 46.0 Å². The Morgan fingerprint density at radius 2 is 2.00 bits per heavy atom. The zero-order valence-electron chi connectivity index (χ0n) is 19.6. The Hall–Kier alpha value is -0.680. The maximum absolute atomic E-state index is 13.4. The van der Waals surface area contributed by atoms with Gasteiger partial charge in [0.05, 0.1) is 12.1 Å². The maximum atomic E-state index is 13.4. The first-order valence-corrected chi connectivity index (χ1v) is 13.5. The van der Waals surface area contributed by atoms with Gasteiger partial charge in [-0.05, 0) is 55.6 Å². The van der Waals surface area contributed by atoms with Crippen LogP contribution in [0.2, 0.25) is 0 Å². The average molecular weight is 485 g/mol. The maximum Gasteiger partial charge on any atom is 0.240 e. The summed E-state index contributed by atoms with van der Waals surface area (Å²) in [6, 6.07) is -0.971. The molecule has 4 aliphatic rings. The van der Waals surface area contributed by atoms with E-state index in [0.717, 1.165) is 31.6 Å². The minimum absolute atomic E-state index is 0.162. The predicted molar refractivity (Wildman–Crippen MR) is 127 cm³/mol. The fourth-order valence-electron chi connectivity index (χ4n) is 5.78. The Bertz CT molecular complexity index is 694. The van der Waals surface area contributed by atoms with E-state index in [1.54, 1.807) is 0 Å². The first-order chi connectivity index (χ1) is 15.8. The van der Waals surface area contributed by atoms with Crippen molar-refractivity contribution in [3.05, 3.63) is 12.2 Å². The molecular formula is C24H40N2O6S. The van der Waals surface area contributed by atoms with Gasteiger partial charge in [-0.25, -0.2) is 0 Å². The van der Waals surface area contributed by atoms with Gasteiger partial charge < -0.3 is 35.4 Å². The Morgan fingerprint density at radius 1 is 1.18 bits per heavy atom. The summed E-state index contributed by atoms with van der Waals surface area (Å²) in [5.74, 6) is 2.17. The van der Waals surface area contributed by atoms with Crippen LogP contribution < -0.4 is 10.6 Å². The minimum atomic E-state index is -1.32. The van der Waals surface area contributed by atoms with Crippen molar-refractivity contribution >= 4 is 17.7 Å². The number of fused-ring (bicyclic) bond motifs is 3. The lowest BCUT2D eigenvalue weighted by molar-refractivity contribution is -0.205. The molecule has 4 heterocycles. The van der Waals surface area contributed by atoms with E-state index in [2.05, 4.69) is 30.6 Å². The van der Waals surface area contributed by atoms with Crippen molar-refractivity contribution in [3.8, 4) is 0 Å². The van der Waals surface area contributed by atoms with Gasteiger partial charge >= 0.3 is 0 Å². The molecule has 3 saturated heterocycles.